The van der Waals surface area contributed by atoms with E-state index in [0.29, 0.717) is 0 Å². The van der Waals surface area contributed by atoms with Crippen molar-refractivity contribution in [2.24, 2.45) is 10.9 Å². The average molecular weight is 447 g/mol. The summed E-state index contributed by atoms with van der Waals surface area (Å²) in [6.07, 6.45) is -0.761. The lowest BCUT2D eigenvalue weighted by atomic mass is 9.75. The third-order valence-electron chi connectivity index (χ3n) is 4.77. The molecule has 0 aliphatic carbocycles. The van der Waals surface area contributed by atoms with E-state index >= 15 is 0 Å². The van der Waals surface area contributed by atoms with Crippen molar-refractivity contribution in [1.29, 1.82) is 0 Å². The summed E-state index contributed by atoms with van der Waals surface area (Å²) in [5.74, 6) is -3.75. The first-order chi connectivity index (χ1) is 15.3. The number of ether oxygens (including phenoxy) is 3. The minimum absolute atomic E-state index is 0.0162. The number of nitro benzene ring substituents is 1. The third kappa shape index (κ3) is 5.29. The van der Waals surface area contributed by atoms with E-state index in [2.05, 4.69) is 10.3 Å². The fraction of sp³-hybridized carbons (Fsp3) is 0.429. The number of hydrogen-bond acceptors (Lipinski definition) is 9. The Kier molecular flexibility index (Phi) is 8.45. The lowest BCUT2D eigenvalue weighted by Gasteiger charge is -2.31. The number of alkyl carbamates (subject to hydrolysis) is 1. The van der Waals surface area contributed by atoms with Crippen LogP contribution in [-0.4, -0.2) is 55.5 Å². The zero-order chi connectivity index (χ0) is 23.8. The number of esters is 2. The Labute approximate surface area is 184 Å². The second-order valence-electron chi connectivity index (χ2n) is 6.68. The van der Waals surface area contributed by atoms with Crippen LogP contribution in [0.2, 0.25) is 0 Å². The number of benzene rings is 1. The highest BCUT2D eigenvalue weighted by Crippen LogP contribution is 2.43. The van der Waals surface area contributed by atoms with Crippen molar-refractivity contribution in [3.63, 3.8) is 0 Å². The molecule has 172 valence electrons. The standard InChI is InChI=1S/C21H25N3O8/c1-5-30-19(25)16-12(3)23-14(11-32-21(27)22-4)18(20(26)31-6-2)17(16)13-9-7-8-10-15(13)24(28)29/h7-10,16-17H,5-6,11H2,1-4H3,(H,22,27). The number of nitro groups is 1. The van der Waals surface area contributed by atoms with Crippen molar-refractivity contribution < 1.29 is 33.5 Å². The molecule has 2 rings (SSSR count). The molecular formula is C21H25N3O8. The normalized spacial score (nSPS) is 17.8. The number of aliphatic imine (C=N–C) groups is 1. The van der Waals surface area contributed by atoms with Gasteiger partial charge in [-0.1, -0.05) is 18.2 Å². The lowest BCUT2D eigenvalue weighted by molar-refractivity contribution is -0.385. The molecule has 1 aromatic carbocycles. The highest BCUT2D eigenvalue weighted by Gasteiger charge is 2.45. The van der Waals surface area contributed by atoms with E-state index in [9.17, 15) is 24.5 Å². The molecular weight excluding hydrogens is 422 g/mol. The Hall–Kier alpha value is -3.76. The number of carbonyl (C=O) groups excluding carboxylic acids is 3. The van der Waals surface area contributed by atoms with Gasteiger partial charge in [-0.25, -0.2) is 9.59 Å². The Balaban J connectivity index is 2.78. The minimum atomic E-state index is -1.13. The van der Waals surface area contributed by atoms with E-state index in [4.69, 9.17) is 14.2 Å². The number of para-hydroxylation sites is 1. The van der Waals surface area contributed by atoms with Gasteiger partial charge in [-0.2, -0.15) is 0 Å². The minimum Gasteiger partial charge on any atom is -0.465 e. The van der Waals surface area contributed by atoms with Crippen molar-refractivity contribution >= 4 is 29.4 Å². The molecule has 2 unspecified atom stereocenters. The van der Waals surface area contributed by atoms with E-state index in [1.165, 1.54) is 25.2 Å². The molecule has 1 aliphatic heterocycles. The van der Waals surface area contributed by atoms with Crippen LogP contribution in [0.1, 0.15) is 32.3 Å². The van der Waals surface area contributed by atoms with Crippen molar-refractivity contribution in [1.82, 2.24) is 5.32 Å². The van der Waals surface area contributed by atoms with Gasteiger partial charge in [-0.05, 0) is 20.8 Å². The summed E-state index contributed by atoms with van der Waals surface area (Å²) in [5.41, 5.74) is 0.0253. The first kappa shape index (κ1) is 24.5. The summed E-state index contributed by atoms with van der Waals surface area (Å²) in [6, 6.07) is 5.79. The van der Waals surface area contributed by atoms with Crippen molar-refractivity contribution in [3.05, 3.63) is 51.2 Å². The third-order valence-corrected chi connectivity index (χ3v) is 4.77. The summed E-state index contributed by atoms with van der Waals surface area (Å²) in [6.45, 7) is 4.44. The maximum Gasteiger partial charge on any atom is 0.407 e. The fourth-order valence-corrected chi connectivity index (χ4v) is 3.49. The van der Waals surface area contributed by atoms with Gasteiger partial charge < -0.3 is 19.5 Å². The Morgan fingerprint density at radius 2 is 1.78 bits per heavy atom. The SMILES string of the molecule is CCOC(=O)C1=C(COC(=O)NC)N=C(C)C(C(=O)OCC)C1c1ccccc1[N+](=O)[O-]. The molecule has 11 nitrogen and oxygen atoms in total. The number of rotatable bonds is 8. The van der Waals surface area contributed by atoms with E-state index in [1.807, 2.05) is 0 Å². The van der Waals surface area contributed by atoms with E-state index in [-0.39, 0.29) is 41.4 Å². The zero-order valence-corrected chi connectivity index (χ0v) is 18.2. The number of nitrogens with zero attached hydrogens (tertiary/aromatic N) is 2. The van der Waals surface area contributed by atoms with Crippen LogP contribution in [0, 0.1) is 16.0 Å². The molecule has 1 N–H and O–H groups in total. The van der Waals surface area contributed by atoms with Gasteiger partial charge >= 0.3 is 18.0 Å². The maximum absolute atomic E-state index is 13.0. The maximum atomic E-state index is 13.0. The van der Waals surface area contributed by atoms with Crippen LogP contribution in [0.4, 0.5) is 10.5 Å². The van der Waals surface area contributed by atoms with Gasteiger partial charge in [-0.15, -0.1) is 0 Å². The smallest absolute Gasteiger partial charge is 0.407 e. The van der Waals surface area contributed by atoms with Crippen LogP contribution in [0.3, 0.4) is 0 Å². The molecule has 0 bridgehead atoms. The zero-order valence-electron chi connectivity index (χ0n) is 18.2. The van der Waals surface area contributed by atoms with Crippen LogP contribution in [0.5, 0.6) is 0 Å². The van der Waals surface area contributed by atoms with Gasteiger partial charge in [0.1, 0.15) is 12.5 Å². The molecule has 1 heterocycles. The van der Waals surface area contributed by atoms with Crippen LogP contribution in [0.15, 0.2) is 40.5 Å². The Morgan fingerprint density at radius 3 is 2.38 bits per heavy atom. The molecule has 0 aromatic heterocycles. The van der Waals surface area contributed by atoms with Crippen molar-refractivity contribution in [2.45, 2.75) is 26.7 Å². The molecule has 0 saturated carbocycles. The monoisotopic (exact) mass is 447 g/mol. The van der Waals surface area contributed by atoms with E-state index in [1.54, 1.807) is 26.8 Å². The molecule has 0 radical (unpaired) electrons. The van der Waals surface area contributed by atoms with E-state index in [0.717, 1.165) is 0 Å². The summed E-state index contributed by atoms with van der Waals surface area (Å²) in [7, 11) is 1.37. The average Bonchev–Trinajstić information content (AvgIpc) is 2.76. The molecule has 2 atom stereocenters. The topological polar surface area (TPSA) is 146 Å². The second kappa shape index (κ2) is 11.0. The Morgan fingerprint density at radius 1 is 1.12 bits per heavy atom. The highest BCUT2D eigenvalue weighted by atomic mass is 16.6. The van der Waals surface area contributed by atoms with Crippen LogP contribution >= 0.6 is 0 Å². The molecule has 0 saturated heterocycles. The van der Waals surface area contributed by atoms with Crippen molar-refractivity contribution in [2.75, 3.05) is 26.9 Å². The molecule has 11 heteroatoms. The summed E-state index contributed by atoms with van der Waals surface area (Å²) in [4.78, 5) is 52.9. The predicted molar refractivity (Wildman–Crippen MR) is 113 cm³/mol. The molecule has 0 spiro atoms. The summed E-state index contributed by atoms with van der Waals surface area (Å²) >= 11 is 0. The highest BCUT2D eigenvalue weighted by molar-refractivity contribution is 6.07. The van der Waals surface area contributed by atoms with Crippen LogP contribution in [0.25, 0.3) is 0 Å². The number of carbonyl (C=O) groups is 3. The van der Waals surface area contributed by atoms with Gasteiger partial charge in [0.25, 0.3) is 5.69 Å². The van der Waals surface area contributed by atoms with Gasteiger partial charge in [0, 0.05) is 30.3 Å². The first-order valence-electron chi connectivity index (χ1n) is 9.96. The lowest BCUT2D eigenvalue weighted by Crippen LogP contribution is -2.38. The van der Waals surface area contributed by atoms with Gasteiger partial charge in [-0.3, -0.25) is 19.9 Å². The van der Waals surface area contributed by atoms with Gasteiger partial charge in [0.2, 0.25) is 0 Å². The first-order valence-corrected chi connectivity index (χ1v) is 9.96. The molecule has 1 aromatic rings. The summed E-state index contributed by atoms with van der Waals surface area (Å²) in [5, 5.41) is 14.0. The van der Waals surface area contributed by atoms with Crippen molar-refractivity contribution in [3.8, 4) is 0 Å². The molecule has 1 aliphatic rings. The van der Waals surface area contributed by atoms with Crippen LogP contribution < -0.4 is 5.32 Å². The quantitative estimate of drug-likeness (QED) is 0.277. The van der Waals surface area contributed by atoms with Gasteiger partial charge in [0.05, 0.1) is 29.4 Å². The molecule has 32 heavy (non-hydrogen) atoms. The van der Waals surface area contributed by atoms with Gasteiger partial charge in [0.15, 0.2) is 0 Å². The number of hydrogen-bond donors (Lipinski definition) is 1. The number of amides is 1. The molecule has 1 amide bonds. The largest absolute Gasteiger partial charge is 0.465 e. The number of nitrogens with one attached hydrogen (secondary N) is 1. The molecule has 0 fully saturated rings. The van der Waals surface area contributed by atoms with Crippen LogP contribution in [-0.2, 0) is 23.8 Å². The van der Waals surface area contributed by atoms with E-state index < -0.39 is 41.4 Å². The predicted octanol–water partition coefficient (Wildman–Crippen LogP) is 2.51. The summed E-state index contributed by atoms with van der Waals surface area (Å²) < 4.78 is 15.4. The Bertz CT molecular complexity index is 970. The fourth-order valence-electron chi connectivity index (χ4n) is 3.49. The second-order valence-corrected chi connectivity index (χ2v) is 6.68.